The van der Waals surface area contributed by atoms with Gasteiger partial charge in [-0.25, -0.2) is 9.97 Å². The van der Waals surface area contributed by atoms with E-state index in [0.29, 0.717) is 17.0 Å². The Morgan fingerprint density at radius 3 is 1.71 bits per heavy atom. The van der Waals surface area contributed by atoms with E-state index in [1.807, 2.05) is 66.7 Å². The maximum atomic E-state index is 9.58. The fourth-order valence-corrected chi connectivity index (χ4v) is 4.68. The van der Waals surface area contributed by atoms with Gasteiger partial charge >= 0.3 is 0 Å². The Bertz CT molecular complexity index is 1880. The third-order valence-corrected chi connectivity index (χ3v) is 6.51. The van der Waals surface area contributed by atoms with Gasteiger partial charge in [0.25, 0.3) is 0 Å². The molecule has 38 heavy (non-hydrogen) atoms. The molecule has 1 aromatic heterocycles. The zero-order valence-electron chi connectivity index (χ0n) is 20.3. The quantitative estimate of drug-likeness (QED) is 0.254. The van der Waals surface area contributed by atoms with Crippen molar-refractivity contribution in [2.45, 2.75) is 0 Å². The first-order valence-corrected chi connectivity index (χ1v) is 12.2. The van der Waals surface area contributed by atoms with E-state index in [1.165, 1.54) is 0 Å². The molecule has 0 radical (unpaired) electrons. The van der Waals surface area contributed by atoms with E-state index in [0.717, 1.165) is 50.0 Å². The second kappa shape index (κ2) is 9.82. The number of aromatic nitrogens is 2. The van der Waals surface area contributed by atoms with E-state index >= 15 is 0 Å². The Morgan fingerprint density at radius 1 is 0.474 bits per heavy atom. The summed E-state index contributed by atoms with van der Waals surface area (Å²) in [6.07, 6.45) is 0. The monoisotopic (exact) mass is 484 g/mol. The molecule has 0 fully saturated rings. The van der Waals surface area contributed by atoms with Crippen molar-refractivity contribution in [2.24, 2.45) is 0 Å². The van der Waals surface area contributed by atoms with Crippen LogP contribution in [0, 0.1) is 22.7 Å². The van der Waals surface area contributed by atoms with Crippen LogP contribution in [-0.4, -0.2) is 9.97 Å². The topological polar surface area (TPSA) is 73.4 Å². The molecule has 0 aliphatic carbocycles. The maximum absolute atomic E-state index is 9.58. The summed E-state index contributed by atoms with van der Waals surface area (Å²) in [6, 6.07) is 44.0. The highest BCUT2D eigenvalue weighted by molar-refractivity contribution is 6.04. The van der Waals surface area contributed by atoms with Crippen LogP contribution in [0.15, 0.2) is 121 Å². The summed E-state index contributed by atoms with van der Waals surface area (Å²) < 4.78 is 0. The average Bonchev–Trinajstić information content (AvgIpc) is 3.01. The molecule has 6 aromatic rings. The minimum absolute atomic E-state index is 0.525. The molecule has 1 heterocycles. The van der Waals surface area contributed by atoms with E-state index in [2.05, 4.69) is 48.5 Å². The Kier molecular flexibility index (Phi) is 5.91. The first-order valence-electron chi connectivity index (χ1n) is 12.2. The minimum atomic E-state index is 0.525. The summed E-state index contributed by atoms with van der Waals surface area (Å²) in [5, 5.41) is 20.0. The molecular weight excluding hydrogens is 464 g/mol. The van der Waals surface area contributed by atoms with Crippen LogP contribution in [0.3, 0.4) is 0 Å². The summed E-state index contributed by atoms with van der Waals surface area (Å²) in [5.74, 6) is 0.525. The highest BCUT2D eigenvalue weighted by atomic mass is 14.9. The van der Waals surface area contributed by atoms with Gasteiger partial charge in [-0.3, -0.25) is 0 Å². The van der Waals surface area contributed by atoms with Gasteiger partial charge in [0.05, 0.1) is 34.5 Å². The van der Waals surface area contributed by atoms with Crippen LogP contribution >= 0.6 is 0 Å². The van der Waals surface area contributed by atoms with E-state index in [9.17, 15) is 10.5 Å². The van der Waals surface area contributed by atoms with Gasteiger partial charge in [-0.2, -0.15) is 10.5 Å². The zero-order valence-corrected chi connectivity index (χ0v) is 20.3. The lowest BCUT2D eigenvalue weighted by Gasteiger charge is -2.15. The van der Waals surface area contributed by atoms with Crippen LogP contribution in [0.25, 0.3) is 55.8 Å². The molecule has 0 saturated carbocycles. The molecule has 0 unspecified atom stereocenters. The van der Waals surface area contributed by atoms with E-state index in [-0.39, 0.29) is 0 Å². The molecule has 0 spiro atoms. The first-order chi connectivity index (χ1) is 18.7. The number of benzene rings is 5. The van der Waals surface area contributed by atoms with Crippen molar-refractivity contribution >= 4 is 10.9 Å². The predicted molar refractivity (Wildman–Crippen MR) is 151 cm³/mol. The number of nitrogens with zero attached hydrogens (tertiary/aromatic N) is 4. The summed E-state index contributed by atoms with van der Waals surface area (Å²) in [6.45, 7) is 0. The van der Waals surface area contributed by atoms with Crippen molar-refractivity contribution < 1.29 is 0 Å². The van der Waals surface area contributed by atoms with Gasteiger partial charge in [-0.15, -0.1) is 0 Å². The third kappa shape index (κ3) is 4.28. The molecule has 6 rings (SSSR count). The Balaban J connectivity index is 1.74. The van der Waals surface area contributed by atoms with Gasteiger partial charge in [0, 0.05) is 22.1 Å². The normalized spacial score (nSPS) is 10.6. The fraction of sp³-hybridized carbons (Fsp3) is 0. The van der Waals surface area contributed by atoms with Crippen molar-refractivity contribution in [3.8, 4) is 57.0 Å². The van der Waals surface area contributed by atoms with E-state index < -0.39 is 0 Å². The molecule has 0 saturated heterocycles. The third-order valence-electron chi connectivity index (χ3n) is 6.51. The second-order valence-corrected chi connectivity index (χ2v) is 8.93. The molecular formula is C34H20N4. The van der Waals surface area contributed by atoms with Crippen LogP contribution in [0.1, 0.15) is 11.1 Å². The fourth-order valence-electron chi connectivity index (χ4n) is 4.68. The standard InChI is InChI=1S/C34H20N4/c35-21-23-9-7-15-27(17-23)32-31-20-29(25-11-3-1-4-12-25)19-30(26-13-5-2-6-14-26)33(31)38-34(37-32)28-16-8-10-24(18-28)22-36/h1-20H. The van der Waals surface area contributed by atoms with Gasteiger partial charge in [0.1, 0.15) is 0 Å². The summed E-state index contributed by atoms with van der Waals surface area (Å²) in [5.41, 5.74) is 8.41. The van der Waals surface area contributed by atoms with Gasteiger partial charge in [0.15, 0.2) is 5.82 Å². The summed E-state index contributed by atoms with van der Waals surface area (Å²) >= 11 is 0. The van der Waals surface area contributed by atoms with Crippen molar-refractivity contribution in [1.82, 2.24) is 9.97 Å². The largest absolute Gasteiger partial charge is 0.227 e. The van der Waals surface area contributed by atoms with Crippen LogP contribution in [0.2, 0.25) is 0 Å². The van der Waals surface area contributed by atoms with Gasteiger partial charge in [0.2, 0.25) is 0 Å². The lowest BCUT2D eigenvalue weighted by Crippen LogP contribution is -1.98. The Morgan fingerprint density at radius 2 is 1.05 bits per heavy atom. The average molecular weight is 485 g/mol. The summed E-state index contributed by atoms with van der Waals surface area (Å²) in [4.78, 5) is 10.1. The van der Waals surface area contributed by atoms with Crippen molar-refractivity contribution in [1.29, 1.82) is 10.5 Å². The number of nitriles is 2. The molecule has 0 N–H and O–H groups in total. The molecule has 0 bridgehead atoms. The molecule has 0 aliphatic heterocycles. The zero-order chi connectivity index (χ0) is 25.9. The molecule has 5 aromatic carbocycles. The second-order valence-electron chi connectivity index (χ2n) is 8.93. The van der Waals surface area contributed by atoms with Gasteiger partial charge in [-0.05, 0) is 53.1 Å². The molecule has 4 nitrogen and oxygen atoms in total. The minimum Gasteiger partial charge on any atom is -0.227 e. The van der Waals surface area contributed by atoms with Gasteiger partial charge in [-0.1, -0.05) is 84.9 Å². The van der Waals surface area contributed by atoms with Crippen molar-refractivity contribution in [3.63, 3.8) is 0 Å². The van der Waals surface area contributed by atoms with Crippen molar-refractivity contribution in [3.05, 3.63) is 132 Å². The SMILES string of the molecule is N#Cc1cccc(-c2nc(-c3cccc(C#N)c3)c3cc(-c4ccccc4)cc(-c4ccccc4)c3n2)c1. The molecule has 0 amide bonds. The van der Waals surface area contributed by atoms with E-state index in [1.54, 1.807) is 18.2 Å². The van der Waals surface area contributed by atoms with E-state index in [4.69, 9.17) is 9.97 Å². The lowest BCUT2D eigenvalue weighted by atomic mass is 9.93. The van der Waals surface area contributed by atoms with Crippen LogP contribution < -0.4 is 0 Å². The lowest BCUT2D eigenvalue weighted by molar-refractivity contribution is 1.23. The van der Waals surface area contributed by atoms with Crippen molar-refractivity contribution in [2.75, 3.05) is 0 Å². The Hall–Kier alpha value is -5.58. The summed E-state index contributed by atoms with van der Waals surface area (Å²) in [7, 11) is 0. The highest BCUT2D eigenvalue weighted by Crippen LogP contribution is 2.38. The van der Waals surface area contributed by atoms with Crippen LogP contribution in [0.4, 0.5) is 0 Å². The van der Waals surface area contributed by atoms with Gasteiger partial charge < -0.3 is 0 Å². The predicted octanol–water partition coefficient (Wildman–Crippen LogP) is 8.04. The number of hydrogen-bond acceptors (Lipinski definition) is 4. The molecule has 0 aliphatic rings. The number of hydrogen-bond donors (Lipinski definition) is 0. The molecule has 176 valence electrons. The van der Waals surface area contributed by atoms with Crippen LogP contribution in [0.5, 0.6) is 0 Å². The molecule has 0 atom stereocenters. The molecule has 4 heteroatoms. The van der Waals surface area contributed by atoms with Crippen LogP contribution in [-0.2, 0) is 0 Å². The highest BCUT2D eigenvalue weighted by Gasteiger charge is 2.17. The first kappa shape index (κ1) is 22.9. The number of rotatable bonds is 4. The Labute approximate surface area is 220 Å². The number of fused-ring (bicyclic) bond motifs is 1. The maximum Gasteiger partial charge on any atom is 0.160 e. The smallest absolute Gasteiger partial charge is 0.160 e.